The molecule has 1 aromatic rings. The fourth-order valence-corrected chi connectivity index (χ4v) is 2.46. The highest BCUT2D eigenvalue weighted by Gasteiger charge is 2.34. The van der Waals surface area contributed by atoms with Gasteiger partial charge in [0.2, 0.25) is 5.91 Å². The quantitative estimate of drug-likeness (QED) is 0.845. The lowest BCUT2D eigenvalue weighted by Crippen LogP contribution is -2.57. The van der Waals surface area contributed by atoms with Crippen molar-refractivity contribution in [3.05, 3.63) is 34.9 Å². The van der Waals surface area contributed by atoms with Gasteiger partial charge in [-0.05, 0) is 31.2 Å². The van der Waals surface area contributed by atoms with Crippen molar-refractivity contribution in [2.75, 3.05) is 19.8 Å². The average molecular weight is 297 g/mol. The molecule has 1 amide bonds. The van der Waals surface area contributed by atoms with Gasteiger partial charge in [-0.25, -0.2) is 0 Å². The summed E-state index contributed by atoms with van der Waals surface area (Å²) in [4.78, 5) is 25.7. The number of hydrogen-bond acceptors (Lipinski definition) is 4. The molecule has 0 bridgehead atoms. The van der Waals surface area contributed by atoms with Crippen LogP contribution in [0.1, 0.15) is 17.3 Å². The third kappa shape index (κ3) is 3.17. The van der Waals surface area contributed by atoms with E-state index in [0.29, 0.717) is 23.7 Å². The number of amides is 1. The van der Waals surface area contributed by atoms with Crippen LogP contribution in [-0.4, -0.2) is 48.4 Å². The first kappa shape index (κ1) is 15.0. The minimum absolute atomic E-state index is 0.0604. The van der Waals surface area contributed by atoms with E-state index in [0.717, 1.165) is 0 Å². The fraction of sp³-hybridized carbons (Fsp3) is 0.429. The van der Waals surface area contributed by atoms with Gasteiger partial charge in [0.1, 0.15) is 6.04 Å². The molecule has 2 N–H and O–H groups in total. The van der Waals surface area contributed by atoms with Crippen molar-refractivity contribution in [2.45, 2.75) is 19.0 Å². The number of benzene rings is 1. The zero-order chi connectivity index (χ0) is 14.7. The van der Waals surface area contributed by atoms with Crippen LogP contribution in [0, 0.1) is 0 Å². The molecule has 108 valence electrons. The minimum atomic E-state index is -0.560. The molecular weight excluding hydrogens is 280 g/mol. The van der Waals surface area contributed by atoms with Crippen molar-refractivity contribution in [1.29, 1.82) is 0 Å². The number of halogens is 1. The monoisotopic (exact) mass is 296 g/mol. The van der Waals surface area contributed by atoms with Crippen LogP contribution in [0.25, 0.3) is 0 Å². The molecule has 2 unspecified atom stereocenters. The van der Waals surface area contributed by atoms with Gasteiger partial charge in [-0.15, -0.1) is 0 Å². The number of ether oxygens (including phenoxy) is 1. The van der Waals surface area contributed by atoms with Gasteiger partial charge in [-0.1, -0.05) is 11.6 Å². The molecule has 0 aliphatic carbocycles. The lowest BCUT2D eigenvalue weighted by Gasteiger charge is -2.37. The van der Waals surface area contributed by atoms with E-state index in [4.69, 9.17) is 22.1 Å². The molecule has 0 aromatic heterocycles. The zero-order valence-corrected chi connectivity index (χ0v) is 12.0. The summed E-state index contributed by atoms with van der Waals surface area (Å²) in [5, 5.41) is 0.579. The van der Waals surface area contributed by atoms with Gasteiger partial charge in [-0.2, -0.15) is 0 Å². The van der Waals surface area contributed by atoms with Crippen LogP contribution in [0.2, 0.25) is 5.02 Å². The SMILES string of the molecule is CC(C(=O)c1ccc(Cl)cc1)N1CCOCC1C(N)=O. The summed E-state index contributed by atoms with van der Waals surface area (Å²) in [5.41, 5.74) is 5.93. The van der Waals surface area contributed by atoms with Crippen molar-refractivity contribution in [3.8, 4) is 0 Å². The van der Waals surface area contributed by atoms with Crippen LogP contribution in [0.15, 0.2) is 24.3 Å². The topological polar surface area (TPSA) is 72.6 Å². The lowest BCUT2D eigenvalue weighted by molar-refractivity contribution is -0.130. The predicted molar refractivity (Wildman–Crippen MR) is 75.8 cm³/mol. The number of primary amides is 1. The number of carbonyl (C=O) groups excluding carboxylic acids is 2. The highest BCUT2D eigenvalue weighted by atomic mass is 35.5. The largest absolute Gasteiger partial charge is 0.378 e. The molecule has 0 saturated carbocycles. The van der Waals surface area contributed by atoms with E-state index < -0.39 is 18.0 Å². The molecule has 2 rings (SSSR count). The third-order valence-corrected chi connectivity index (χ3v) is 3.76. The summed E-state index contributed by atoms with van der Waals surface area (Å²) < 4.78 is 5.25. The Hall–Kier alpha value is -1.43. The first-order valence-corrected chi connectivity index (χ1v) is 6.81. The van der Waals surface area contributed by atoms with Crippen LogP contribution in [-0.2, 0) is 9.53 Å². The Morgan fingerprint density at radius 3 is 2.65 bits per heavy atom. The second-order valence-electron chi connectivity index (χ2n) is 4.78. The summed E-state index contributed by atoms with van der Waals surface area (Å²) in [6, 6.07) is 5.72. The molecule has 0 spiro atoms. The van der Waals surface area contributed by atoms with Crippen LogP contribution in [0.4, 0.5) is 0 Å². The van der Waals surface area contributed by atoms with Gasteiger partial charge in [0.25, 0.3) is 0 Å². The Balaban J connectivity index is 2.16. The lowest BCUT2D eigenvalue weighted by atomic mass is 10.0. The van der Waals surface area contributed by atoms with Crippen molar-refractivity contribution < 1.29 is 14.3 Å². The number of hydrogen-bond donors (Lipinski definition) is 1. The highest BCUT2D eigenvalue weighted by molar-refractivity contribution is 6.30. The van der Waals surface area contributed by atoms with E-state index in [1.807, 2.05) is 0 Å². The van der Waals surface area contributed by atoms with Gasteiger partial charge in [-0.3, -0.25) is 14.5 Å². The third-order valence-electron chi connectivity index (χ3n) is 3.50. The summed E-state index contributed by atoms with van der Waals surface area (Å²) in [6.07, 6.45) is 0. The maximum atomic E-state index is 12.4. The second kappa shape index (κ2) is 6.35. The van der Waals surface area contributed by atoms with Crippen LogP contribution < -0.4 is 5.73 Å². The van der Waals surface area contributed by atoms with Crippen molar-refractivity contribution in [2.24, 2.45) is 5.73 Å². The molecule has 1 saturated heterocycles. The molecule has 20 heavy (non-hydrogen) atoms. The van der Waals surface area contributed by atoms with E-state index in [2.05, 4.69) is 0 Å². The molecule has 1 heterocycles. The molecule has 1 aromatic carbocycles. The summed E-state index contributed by atoms with van der Waals surface area (Å²) >= 11 is 5.81. The Morgan fingerprint density at radius 2 is 2.05 bits per heavy atom. The first-order chi connectivity index (χ1) is 9.50. The summed E-state index contributed by atoms with van der Waals surface area (Å²) in [6.45, 7) is 3.00. The highest BCUT2D eigenvalue weighted by Crippen LogP contribution is 2.17. The smallest absolute Gasteiger partial charge is 0.237 e. The number of nitrogens with two attached hydrogens (primary N) is 1. The number of nitrogens with zero attached hydrogens (tertiary/aromatic N) is 1. The van der Waals surface area contributed by atoms with Gasteiger partial charge in [0, 0.05) is 17.1 Å². The summed E-state index contributed by atoms with van der Waals surface area (Å²) in [7, 11) is 0. The van der Waals surface area contributed by atoms with Gasteiger partial charge < -0.3 is 10.5 Å². The van der Waals surface area contributed by atoms with Crippen LogP contribution in [0.3, 0.4) is 0 Å². The Kier molecular flexibility index (Phi) is 4.75. The van der Waals surface area contributed by atoms with E-state index in [1.54, 1.807) is 36.1 Å². The van der Waals surface area contributed by atoms with Gasteiger partial charge in [0.05, 0.1) is 19.3 Å². The van der Waals surface area contributed by atoms with E-state index in [1.165, 1.54) is 0 Å². The Morgan fingerprint density at radius 1 is 1.40 bits per heavy atom. The predicted octanol–water partition coefficient (Wildman–Crippen LogP) is 1.10. The summed E-state index contributed by atoms with van der Waals surface area (Å²) in [5.74, 6) is -0.532. The number of Topliss-reactive ketones (excluding diaryl/α,β-unsaturated/α-hetero) is 1. The van der Waals surface area contributed by atoms with Crippen LogP contribution in [0.5, 0.6) is 0 Å². The molecule has 0 radical (unpaired) electrons. The zero-order valence-electron chi connectivity index (χ0n) is 11.2. The maximum Gasteiger partial charge on any atom is 0.237 e. The van der Waals surface area contributed by atoms with Crippen molar-refractivity contribution in [1.82, 2.24) is 4.90 Å². The standard InChI is InChI=1S/C14H17ClN2O3/c1-9(13(18)10-2-4-11(15)5-3-10)17-6-7-20-8-12(17)14(16)19/h2-5,9,12H,6-8H2,1H3,(H2,16,19). The van der Waals surface area contributed by atoms with Crippen LogP contribution >= 0.6 is 11.6 Å². The number of morpholine rings is 1. The molecule has 2 atom stereocenters. The van der Waals surface area contributed by atoms with Crippen molar-refractivity contribution >= 4 is 23.3 Å². The Bertz CT molecular complexity index is 504. The fourth-order valence-electron chi connectivity index (χ4n) is 2.33. The molecule has 6 heteroatoms. The molecule has 1 aliphatic rings. The van der Waals surface area contributed by atoms with Gasteiger partial charge in [0.15, 0.2) is 5.78 Å². The maximum absolute atomic E-state index is 12.4. The normalized spacial score (nSPS) is 21.4. The minimum Gasteiger partial charge on any atom is -0.378 e. The van der Waals surface area contributed by atoms with E-state index in [-0.39, 0.29) is 12.4 Å². The van der Waals surface area contributed by atoms with E-state index >= 15 is 0 Å². The van der Waals surface area contributed by atoms with Crippen molar-refractivity contribution in [3.63, 3.8) is 0 Å². The molecule has 1 aliphatic heterocycles. The van der Waals surface area contributed by atoms with E-state index in [9.17, 15) is 9.59 Å². The number of ketones is 1. The molecular formula is C14H17ClN2O3. The molecule has 5 nitrogen and oxygen atoms in total. The number of rotatable bonds is 4. The molecule has 1 fully saturated rings. The second-order valence-corrected chi connectivity index (χ2v) is 5.21. The Labute approximate surface area is 122 Å². The van der Waals surface area contributed by atoms with Gasteiger partial charge >= 0.3 is 0 Å². The average Bonchev–Trinajstić information content (AvgIpc) is 2.46. The first-order valence-electron chi connectivity index (χ1n) is 6.43. The number of carbonyl (C=O) groups is 2.